The highest BCUT2D eigenvalue weighted by atomic mass is 32.2. The Labute approximate surface area is 193 Å². The van der Waals surface area contributed by atoms with Crippen molar-refractivity contribution in [2.45, 2.75) is 30.1 Å². The second kappa shape index (κ2) is 8.67. The number of aryl methyl sites for hydroxylation is 1. The Bertz CT molecular complexity index is 1380. The molecular formula is C26H23N3O3S. The Morgan fingerprint density at radius 2 is 1.52 bits per heavy atom. The largest absolute Gasteiger partial charge is 0.439 e. The highest BCUT2D eigenvalue weighted by Gasteiger charge is 2.41. The zero-order chi connectivity index (χ0) is 22.8. The van der Waals surface area contributed by atoms with E-state index in [4.69, 9.17) is 4.74 Å². The van der Waals surface area contributed by atoms with E-state index in [1.54, 1.807) is 24.3 Å². The molecule has 33 heavy (non-hydrogen) atoms. The number of hydrogen-bond donors (Lipinski definition) is 1. The van der Waals surface area contributed by atoms with Crippen LogP contribution in [0.25, 0.3) is 0 Å². The van der Waals surface area contributed by atoms with Crippen LogP contribution in [0.4, 0.5) is 5.95 Å². The van der Waals surface area contributed by atoms with Gasteiger partial charge in [-0.1, -0.05) is 66.7 Å². The Kier molecular flexibility index (Phi) is 5.56. The van der Waals surface area contributed by atoms with Crippen molar-refractivity contribution in [1.82, 2.24) is 9.97 Å². The van der Waals surface area contributed by atoms with Crippen LogP contribution in [0.1, 0.15) is 35.1 Å². The lowest BCUT2D eigenvalue weighted by molar-refractivity contribution is 0.458. The Balaban J connectivity index is 1.49. The van der Waals surface area contributed by atoms with Crippen LogP contribution in [0, 0.1) is 6.92 Å². The fourth-order valence-corrected chi connectivity index (χ4v) is 4.85. The van der Waals surface area contributed by atoms with Crippen LogP contribution < -0.4 is 9.46 Å². The predicted octanol–water partition coefficient (Wildman–Crippen LogP) is 5.65. The molecule has 1 N–H and O–H groups in total. The first-order chi connectivity index (χ1) is 16.0. The summed E-state index contributed by atoms with van der Waals surface area (Å²) in [5.74, 6) is 1.48. The first-order valence-corrected chi connectivity index (χ1v) is 12.2. The van der Waals surface area contributed by atoms with Crippen LogP contribution in [0.3, 0.4) is 0 Å². The smallest absolute Gasteiger partial charge is 0.264 e. The van der Waals surface area contributed by atoms with Crippen LogP contribution in [0.5, 0.6) is 11.6 Å². The average Bonchev–Trinajstić information content (AvgIpc) is 3.63. The molecule has 2 atom stereocenters. The summed E-state index contributed by atoms with van der Waals surface area (Å²) >= 11 is 0. The second-order valence-electron chi connectivity index (χ2n) is 8.10. The third kappa shape index (κ3) is 4.73. The van der Waals surface area contributed by atoms with Gasteiger partial charge in [-0.15, -0.1) is 0 Å². The number of ether oxygens (including phenoxy) is 1. The zero-order valence-electron chi connectivity index (χ0n) is 18.0. The monoisotopic (exact) mass is 457 g/mol. The summed E-state index contributed by atoms with van der Waals surface area (Å²) in [7, 11) is -3.83. The van der Waals surface area contributed by atoms with Crippen molar-refractivity contribution in [3.8, 4) is 11.6 Å². The molecule has 0 aliphatic heterocycles. The van der Waals surface area contributed by atoms with Gasteiger partial charge < -0.3 is 4.74 Å². The minimum atomic E-state index is -3.83. The minimum absolute atomic E-state index is 0.00125. The van der Waals surface area contributed by atoms with Crippen molar-refractivity contribution in [2.75, 3.05) is 4.72 Å². The van der Waals surface area contributed by atoms with Crippen LogP contribution in [-0.2, 0) is 10.0 Å². The molecule has 1 aliphatic rings. The molecule has 1 aromatic heterocycles. The number of nitrogens with zero attached hydrogens (tertiary/aromatic N) is 2. The summed E-state index contributed by atoms with van der Waals surface area (Å²) in [5, 5.41) is 0. The predicted molar refractivity (Wildman–Crippen MR) is 127 cm³/mol. The summed E-state index contributed by atoms with van der Waals surface area (Å²) in [6, 6.07) is 27.9. The summed E-state index contributed by atoms with van der Waals surface area (Å²) in [6.07, 6.45) is 0.940. The highest BCUT2D eigenvalue weighted by molar-refractivity contribution is 7.92. The summed E-state index contributed by atoms with van der Waals surface area (Å²) < 4.78 is 34.3. The standard InChI is InChI=1S/C26H23N3O3S/c1-18-10-8-9-15-24(18)32-25-17-23(22-16-21(22)19-11-4-2-5-12-19)27-26(28-25)29-33(30,31)20-13-6-3-7-14-20/h2-15,17,21-22H,16H2,1H3,(H,27,28,29)/t21-,22-/m1/s1. The van der Waals surface area contributed by atoms with Crippen molar-refractivity contribution < 1.29 is 13.2 Å². The fourth-order valence-electron chi connectivity index (χ4n) is 3.88. The number of para-hydroxylation sites is 1. The minimum Gasteiger partial charge on any atom is -0.439 e. The Morgan fingerprint density at radius 1 is 0.848 bits per heavy atom. The van der Waals surface area contributed by atoms with E-state index in [1.165, 1.54) is 17.7 Å². The van der Waals surface area contributed by atoms with E-state index in [0.29, 0.717) is 17.5 Å². The molecule has 7 heteroatoms. The number of rotatable bonds is 7. The normalized spacial score (nSPS) is 17.4. The van der Waals surface area contributed by atoms with Gasteiger partial charge in [0, 0.05) is 12.0 Å². The SMILES string of the molecule is Cc1ccccc1Oc1cc([C@@H]2C[C@@H]2c2ccccc2)nc(NS(=O)(=O)c2ccccc2)n1. The molecule has 166 valence electrons. The average molecular weight is 458 g/mol. The van der Waals surface area contributed by atoms with Gasteiger partial charge >= 0.3 is 0 Å². The molecule has 0 saturated heterocycles. The van der Waals surface area contributed by atoms with E-state index >= 15 is 0 Å². The lowest BCUT2D eigenvalue weighted by atomic mass is 10.1. The summed E-state index contributed by atoms with van der Waals surface area (Å²) in [5.41, 5.74) is 2.96. The van der Waals surface area contributed by atoms with Gasteiger partial charge in [0.05, 0.1) is 10.6 Å². The molecule has 1 fully saturated rings. The maximum atomic E-state index is 12.9. The molecule has 0 unspecified atom stereocenters. The van der Waals surface area contributed by atoms with Crippen LogP contribution in [-0.4, -0.2) is 18.4 Å². The summed E-state index contributed by atoms with van der Waals surface area (Å²) in [6.45, 7) is 1.95. The van der Waals surface area contributed by atoms with Crippen molar-refractivity contribution in [3.63, 3.8) is 0 Å². The van der Waals surface area contributed by atoms with Crippen LogP contribution in [0.15, 0.2) is 95.9 Å². The van der Waals surface area contributed by atoms with Crippen molar-refractivity contribution in [2.24, 2.45) is 0 Å². The number of benzene rings is 3. The third-order valence-corrected chi connectivity index (χ3v) is 7.05. The van der Waals surface area contributed by atoms with E-state index in [9.17, 15) is 8.42 Å². The molecule has 1 heterocycles. The molecule has 0 bridgehead atoms. The van der Waals surface area contributed by atoms with E-state index in [2.05, 4.69) is 26.8 Å². The molecule has 3 aromatic carbocycles. The van der Waals surface area contributed by atoms with Crippen LogP contribution in [0.2, 0.25) is 0 Å². The molecule has 6 nitrogen and oxygen atoms in total. The lowest BCUT2D eigenvalue weighted by Crippen LogP contribution is -2.15. The molecule has 1 aliphatic carbocycles. The second-order valence-corrected chi connectivity index (χ2v) is 9.78. The van der Waals surface area contributed by atoms with E-state index < -0.39 is 10.0 Å². The fraction of sp³-hybridized carbons (Fsp3) is 0.154. The van der Waals surface area contributed by atoms with E-state index in [1.807, 2.05) is 49.4 Å². The lowest BCUT2D eigenvalue weighted by Gasteiger charge is -2.12. The molecule has 0 radical (unpaired) electrons. The van der Waals surface area contributed by atoms with Gasteiger partial charge in [-0.2, -0.15) is 4.98 Å². The van der Waals surface area contributed by atoms with Gasteiger partial charge in [-0.3, -0.25) is 0 Å². The highest BCUT2D eigenvalue weighted by Crippen LogP contribution is 2.54. The first-order valence-electron chi connectivity index (χ1n) is 10.7. The third-order valence-electron chi connectivity index (χ3n) is 5.71. The number of nitrogens with one attached hydrogen (secondary N) is 1. The van der Waals surface area contributed by atoms with Gasteiger partial charge in [0.15, 0.2) is 0 Å². The van der Waals surface area contributed by atoms with Crippen molar-refractivity contribution in [1.29, 1.82) is 0 Å². The van der Waals surface area contributed by atoms with Gasteiger partial charge in [0.25, 0.3) is 10.0 Å². The van der Waals surface area contributed by atoms with Gasteiger partial charge in [-0.05, 0) is 48.6 Å². The topological polar surface area (TPSA) is 81.2 Å². The van der Waals surface area contributed by atoms with Crippen molar-refractivity contribution in [3.05, 3.63) is 108 Å². The maximum Gasteiger partial charge on any atom is 0.264 e. The van der Waals surface area contributed by atoms with Gasteiger partial charge in [-0.25, -0.2) is 18.1 Å². The maximum absolute atomic E-state index is 12.9. The molecular weight excluding hydrogens is 434 g/mol. The molecule has 5 rings (SSSR count). The number of sulfonamides is 1. The molecule has 1 saturated carbocycles. The molecule has 0 spiro atoms. The number of anilines is 1. The van der Waals surface area contributed by atoms with Gasteiger partial charge in [0.1, 0.15) is 5.75 Å². The quantitative estimate of drug-likeness (QED) is 0.388. The van der Waals surface area contributed by atoms with Gasteiger partial charge in [0.2, 0.25) is 11.8 Å². The van der Waals surface area contributed by atoms with E-state index in [-0.39, 0.29) is 16.8 Å². The molecule has 0 amide bonds. The molecule has 4 aromatic rings. The number of aromatic nitrogens is 2. The van der Waals surface area contributed by atoms with E-state index in [0.717, 1.165) is 17.7 Å². The Morgan fingerprint density at radius 3 is 2.24 bits per heavy atom. The summed E-state index contributed by atoms with van der Waals surface area (Å²) in [4.78, 5) is 9.08. The van der Waals surface area contributed by atoms with Crippen LogP contribution >= 0.6 is 0 Å². The Hall–Kier alpha value is -3.71. The zero-order valence-corrected chi connectivity index (χ0v) is 18.9. The van der Waals surface area contributed by atoms with Crippen molar-refractivity contribution >= 4 is 16.0 Å². The first kappa shape index (κ1) is 21.2. The number of hydrogen-bond acceptors (Lipinski definition) is 5.